The Morgan fingerprint density at radius 2 is 0.537 bits per heavy atom. The van der Waals surface area contributed by atoms with Crippen molar-refractivity contribution < 1.29 is 17.7 Å². The molecule has 5 rings (SSSR count). The second-order valence-electron chi connectivity index (χ2n) is 27.6. The van der Waals surface area contributed by atoms with E-state index in [1.807, 2.05) is 49.1 Å². The molecule has 0 aliphatic heterocycles. The fourth-order valence-electron chi connectivity index (χ4n) is 7.78. The van der Waals surface area contributed by atoms with Crippen LogP contribution in [0.5, 0.6) is 0 Å². The van der Waals surface area contributed by atoms with E-state index in [0.717, 1.165) is 70.7 Å². The molecule has 2 aromatic heterocycles. The number of nitrogens with zero attached hydrogens (tertiary/aromatic N) is 4. The molecular formula is C68H102N4O4Si4. The lowest BCUT2D eigenvalue weighted by molar-refractivity contribution is 0.275. The van der Waals surface area contributed by atoms with Gasteiger partial charge in [0.1, 0.15) is 0 Å². The average Bonchev–Trinajstić information content (AvgIpc) is 3.37. The van der Waals surface area contributed by atoms with E-state index in [1.54, 1.807) is 0 Å². The first kappa shape index (κ1) is 66.0. The molecular weight excluding hydrogens is 1050 g/mol. The van der Waals surface area contributed by atoms with Crippen molar-refractivity contribution in [1.82, 2.24) is 9.97 Å². The summed E-state index contributed by atoms with van der Waals surface area (Å²) < 4.78 is 26.9. The summed E-state index contributed by atoms with van der Waals surface area (Å²) in [6.45, 7) is 52.3. The van der Waals surface area contributed by atoms with Crippen LogP contribution in [0.2, 0.25) is 72.5 Å². The van der Waals surface area contributed by atoms with Crippen LogP contribution in [0, 0.1) is 0 Å². The molecule has 0 N–H and O–H groups in total. The smallest absolute Gasteiger partial charge is 0.192 e. The van der Waals surface area contributed by atoms with E-state index in [-0.39, 0.29) is 20.2 Å². The van der Waals surface area contributed by atoms with Crippen LogP contribution in [0.25, 0.3) is 48.6 Å². The van der Waals surface area contributed by atoms with Crippen molar-refractivity contribution in [3.05, 3.63) is 154 Å². The molecule has 0 aliphatic rings. The van der Waals surface area contributed by atoms with Crippen LogP contribution >= 0.6 is 0 Å². The fraction of sp³-hybridized carbons (Fsp3) is 0.471. The first-order valence-corrected chi connectivity index (χ1v) is 40.8. The van der Waals surface area contributed by atoms with Crippen LogP contribution in [0.1, 0.15) is 128 Å². The summed E-state index contributed by atoms with van der Waals surface area (Å²) in [7, 11) is -7.64. The number of hydrogen-bond donors (Lipinski definition) is 0. The Morgan fingerprint density at radius 3 is 0.750 bits per heavy atom. The van der Waals surface area contributed by atoms with Gasteiger partial charge in [-0.15, -0.1) is 0 Å². The number of hydrogen-bond acceptors (Lipinski definition) is 8. The maximum atomic E-state index is 6.72. The maximum absolute atomic E-state index is 6.72. The van der Waals surface area contributed by atoms with E-state index in [1.165, 1.54) is 11.4 Å². The van der Waals surface area contributed by atoms with Crippen molar-refractivity contribution in [1.29, 1.82) is 0 Å². The minimum Gasteiger partial charge on any atom is -0.415 e. The van der Waals surface area contributed by atoms with Crippen molar-refractivity contribution in [3.63, 3.8) is 0 Å². The maximum Gasteiger partial charge on any atom is 0.192 e. The quantitative estimate of drug-likeness (QED) is 0.0401. The van der Waals surface area contributed by atoms with Gasteiger partial charge in [-0.1, -0.05) is 156 Å². The number of benzene rings is 3. The molecule has 80 heavy (non-hydrogen) atoms. The normalized spacial score (nSPS) is 13.7. The Hall–Kier alpha value is -4.77. The van der Waals surface area contributed by atoms with E-state index < -0.39 is 33.3 Å². The zero-order chi connectivity index (χ0) is 59.2. The zero-order valence-electron chi connectivity index (χ0n) is 53.1. The lowest BCUT2D eigenvalue weighted by Gasteiger charge is -2.38. The zero-order valence-corrected chi connectivity index (χ0v) is 57.1. The minimum absolute atomic E-state index is 0.149. The van der Waals surface area contributed by atoms with Gasteiger partial charge >= 0.3 is 0 Å². The molecule has 0 amide bonds. The van der Waals surface area contributed by atoms with Crippen molar-refractivity contribution in [3.8, 4) is 0 Å². The molecule has 12 heteroatoms. The van der Waals surface area contributed by atoms with Crippen LogP contribution in [-0.4, -0.2) is 95.8 Å². The number of anilines is 2. The van der Waals surface area contributed by atoms with E-state index in [4.69, 9.17) is 17.7 Å². The van der Waals surface area contributed by atoms with E-state index in [9.17, 15) is 0 Å². The van der Waals surface area contributed by atoms with Crippen LogP contribution < -0.4 is 9.80 Å². The number of aromatic nitrogens is 2. The van der Waals surface area contributed by atoms with E-state index in [0.29, 0.717) is 26.4 Å². The van der Waals surface area contributed by atoms with Gasteiger partial charge in [0, 0.05) is 62.3 Å². The highest BCUT2D eigenvalue weighted by Crippen LogP contribution is 2.40. The van der Waals surface area contributed by atoms with Gasteiger partial charge in [-0.2, -0.15) is 0 Å². The Balaban J connectivity index is 1.51. The van der Waals surface area contributed by atoms with Gasteiger partial charge in [-0.25, -0.2) is 0 Å². The molecule has 0 spiro atoms. The molecule has 434 valence electrons. The highest BCUT2D eigenvalue weighted by Gasteiger charge is 2.40. The van der Waals surface area contributed by atoms with Crippen LogP contribution in [0.4, 0.5) is 11.4 Å². The molecule has 0 atom stereocenters. The average molecular weight is 1150 g/mol. The molecule has 0 fully saturated rings. The van der Waals surface area contributed by atoms with E-state index >= 15 is 0 Å². The monoisotopic (exact) mass is 1150 g/mol. The highest BCUT2D eigenvalue weighted by molar-refractivity contribution is 6.75. The Kier molecular flexibility index (Phi) is 23.1. The van der Waals surface area contributed by atoms with Gasteiger partial charge in [0.05, 0.1) is 26.4 Å². The van der Waals surface area contributed by atoms with Gasteiger partial charge in [0.25, 0.3) is 0 Å². The van der Waals surface area contributed by atoms with Crippen molar-refractivity contribution in [2.45, 2.75) is 156 Å². The predicted molar refractivity (Wildman–Crippen MR) is 361 cm³/mol. The molecule has 0 saturated carbocycles. The molecule has 2 heterocycles. The third kappa shape index (κ3) is 19.7. The first-order valence-electron chi connectivity index (χ1n) is 29.1. The molecule has 5 aromatic rings. The second-order valence-corrected chi connectivity index (χ2v) is 46.8. The summed E-state index contributed by atoms with van der Waals surface area (Å²) >= 11 is 0. The highest BCUT2D eigenvalue weighted by atomic mass is 28.4. The summed E-state index contributed by atoms with van der Waals surface area (Å²) in [6.07, 6.45) is 25.1. The number of pyridine rings is 2. The van der Waals surface area contributed by atoms with Gasteiger partial charge in [0.15, 0.2) is 33.3 Å². The van der Waals surface area contributed by atoms with Crippen LogP contribution in [-0.2, 0) is 17.7 Å². The van der Waals surface area contributed by atoms with Crippen molar-refractivity contribution in [2.24, 2.45) is 0 Å². The van der Waals surface area contributed by atoms with Gasteiger partial charge < -0.3 is 27.5 Å². The third-order valence-corrected chi connectivity index (χ3v) is 35.7. The number of rotatable bonds is 26. The molecule has 8 nitrogen and oxygen atoms in total. The molecule has 0 unspecified atom stereocenters. The predicted octanol–water partition coefficient (Wildman–Crippen LogP) is 18.9. The summed E-state index contributed by atoms with van der Waals surface area (Å²) in [4.78, 5) is 13.4. The summed E-state index contributed by atoms with van der Waals surface area (Å²) in [6, 6.07) is 30.7. The summed E-state index contributed by atoms with van der Waals surface area (Å²) in [5.41, 5.74) is 11.2. The molecule has 0 aliphatic carbocycles. The summed E-state index contributed by atoms with van der Waals surface area (Å²) in [5.74, 6) is 0. The molecule has 3 aromatic carbocycles. The SMILES string of the molecule is CC(C)(C)[Si](C)(C)OCCN(CCO[Si](C)(C)C(C)(C)C)c1ccc(/C=C/c2cc(/C=C/c3ccncc3)c(/C=C/c3ccncc3)cc2/C=C/c2ccc(N(CCO[Si](C)(C)C(C)(C)C)CCO[Si](C)(C)C(C)(C)C)cc2)cc1. The van der Waals surface area contributed by atoms with Crippen molar-refractivity contribution >= 4 is 93.3 Å². The Morgan fingerprint density at radius 1 is 0.325 bits per heavy atom. The van der Waals surface area contributed by atoms with Crippen LogP contribution in [0.3, 0.4) is 0 Å². The first-order chi connectivity index (χ1) is 37.2. The minimum atomic E-state index is -1.91. The Bertz CT molecular complexity index is 2560. The van der Waals surface area contributed by atoms with Gasteiger partial charge in [-0.05, 0) is 178 Å². The van der Waals surface area contributed by atoms with Crippen LogP contribution in [0.15, 0.2) is 110 Å². The lowest BCUT2D eigenvalue weighted by Crippen LogP contribution is -2.44. The summed E-state index contributed by atoms with van der Waals surface area (Å²) in [5, 5.41) is 0.598. The third-order valence-electron chi connectivity index (χ3n) is 17.6. The largest absolute Gasteiger partial charge is 0.415 e. The second kappa shape index (κ2) is 28.0. The Labute approximate surface area is 490 Å². The van der Waals surface area contributed by atoms with Gasteiger partial charge in [-0.3, -0.25) is 9.97 Å². The topological polar surface area (TPSA) is 69.2 Å². The fourth-order valence-corrected chi connectivity index (χ4v) is 11.9. The lowest BCUT2D eigenvalue weighted by atomic mass is 9.95. The van der Waals surface area contributed by atoms with Gasteiger partial charge in [0.2, 0.25) is 0 Å². The molecule has 0 saturated heterocycles. The van der Waals surface area contributed by atoms with E-state index in [2.05, 4.69) is 265 Å². The molecule has 0 bridgehead atoms. The molecule has 0 radical (unpaired) electrons. The standard InChI is InChI=1S/C68H102N4O4Si4/c1-65(2,3)77(13,14)73-49-45-71(46-50-74-78(15,16)66(4,5)6)63-33-25-55(26-34-63)21-29-59-53-61(31-23-57-37-41-69-42-38-57)62(32-24-58-39-43-70-44-40-58)54-60(59)30-22-56-27-35-64(36-28-56)72(47-51-75-79(17,18)67(7,8)9)48-52-76-80(19,20)68(10,11)12/h21-44,53-54H,45-52H2,1-20H3/b29-21+,30-22+,31-23+,32-24+. The van der Waals surface area contributed by atoms with Crippen molar-refractivity contribution in [2.75, 3.05) is 62.4 Å².